The van der Waals surface area contributed by atoms with Gasteiger partial charge in [0.25, 0.3) is 5.91 Å². The van der Waals surface area contributed by atoms with E-state index in [0.717, 1.165) is 24.6 Å². The summed E-state index contributed by atoms with van der Waals surface area (Å²) in [6.45, 7) is 15.6. The van der Waals surface area contributed by atoms with E-state index in [-0.39, 0.29) is 31.4 Å². The van der Waals surface area contributed by atoms with Crippen molar-refractivity contribution < 1.29 is 41.8 Å². The smallest absolute Gasteiger partial charge is 0.408 e. The second-order valence-corrected chi connectivity index (χ2v) is 19.5. The van der Waals surface area contributed by atoms with Gasteiger partial charge in [0, 0.05) is 23.9 Å². The van der Waals surface area contributed by atoms with E-state index in [1.807, 2.05) is 39.0 Å². The number of ether oxygens (including phenoxy) is 3. The third kappa shape index (κ3) is 8.77. The zero-order valence-electron chi connectivity index (χ0n) is 33.5. The molecular weight excluding hydrogens is 739 g/mol. The maximum absolute atomic E-state index is 14.8. The Labute approximate surface area is 329 Å². The molecule has 1 aromatic carbocycles. The summed E-state index contributed by atoms with van der Waals surface area (Å²) < 4.78 is 45.5. The normalized spacial score (nSPS) is 28.2. The molecule has 15 heteroatoms. The highest BCUT2D eigenvalue weighted by atomic mass is 32.2. The lowest BCUT2D eigenvalue weighted by Gasteiger charge is -2.38. The minimum Gasteiger partial charge on any atom is -0.497 e. The van der Waals surface area contributed by atoms with Gasteiger partial charge in [-0.15, -0.1) is 6.58 Å². The van der Waals surface area contributed by atoms with Crippen molar-refractivity contribution in [1.82, 2.24) is 25.2 Å². The molecule has 56 heavy (non-hydrogen) atoms. The van der Waals surface area contributed by atoms with Crippen molar-refractivity contribution in [3.63, 3.8) is 0 Å². The molecule has 8 atom stereocenters. The van der Waals surface area contributed by atoms with Gasteiger partial charge in [-0.3, -0.25) is 19.1 Å². The molecule has 2 aromatic rings. The van der Waals surface area contributed by atoms with E-state index >= 15 is 0 Å². The number of aromatic nitrogens is 1. The van der Waals surface area contributed by atoms with Crippen LogP contribution in [-0.4, -0.2) is 90.9 Å². The summed E-state index contributed by atoms with van der Waals surface area (Å²) in [4.78, 5) is 62.2. The van der Waals surface area contributed by atoms with E-state index in [2.05, 4.69) is 47.7 Å². The van der Waals surface area contributed by atoms with Gasteiger partial charge in [0.05, 0.1) is 18.9 Å². The molecule has 3 saturated carbocycles. The minimum atomic E-state index is -3.90. The summed E-state index contributed by atoms with van der Waals surface area (Å²) in [7, 11) is -2.33. The third-order valence-electron chi connectivity index (χ3n) is 11.9. The fourth-order valence-corrected chi connectivity index (χ4v) is 9.62. The van der Waals surface area contributed by atoms with Crippen molar-refractivity contribution in [1.29, 1.82) is 0 Å². The van der Waals surface area contributed by atoms with Crippen molar-refractivity contribution in [2.45, 2.75) is 122 Å². The molecule has 1 aromatic heterocycles. The maximum atomic E-state index is 14.8. The lowest BCUT2D eigenvalue weighted by atomic mass is 9.75. The summed E-state index contributed by atoms with van der Waals surface area (Å²) >= 11 is 0. The zero-order valence-corrected chi connectivity index (χ0v) is 34.3. The van der Waals surface area contributed by atoms with Gasteiger partial charge in [-0.05, 0) is 84.9 Å². The first-order valence-electron chi connectivity index (χ1n) is 19.7. The number of methoxy groups -OCH3 is 1. The Bertz CT molecular complexity index is 1960. The molecule has 3 aliphatic carbocycles. The fourth-order valence-electron chi connectivity index (χ4n) is 8.26. The van der Waals surface area contributed by atoms with Gasteiger partial charge < -0.3 is 29.7 Å². The number of carbonyl (C=O) groups is 4. The van der Waals surface area contributed by atoms with Crippen molar-refractivity contribution in [2.75, 3.05) is 13.7 Å². The molecule has 14 nitrogen and oxygen atoms in total. The van der Waals surface area contributed by atoms with Gasteiger partial charge in [-0.2, -0.15) is 0 Å². The molecular formula is C41H57N5O9S. The topological polar surface area (TPSA) is 182 Å². The van der Waals surface area contributed by atoms with E-state index in [9.17, 15) is 27.6 Å². The monoisotopic (exact) mass is 795 g/mol. The number of benzene rings is 1. The number of alkyl carbamates (subject to hydrolysis) is 1. The summed E-state index contributed by atoms with van der Waals surface area (Å²) in [6, 6.07) is 5.02. The number of rotatable bonds is 13. The van der Waals surface area contributed by atoms with Gasteiger partial charge in [-0.1, -0.05) is 54.0 Å². The molecule has 4 fully saturated rings. The van der Waals surface area contributed by atoms with Crippen LogP contribution in [0.4, 0.5) is 4.79 Å². The van der Waals surface area contributed by atoms with Crippen LogP contribution in [0, 0.1) is 29.1 Å². The zero-order chi connectivity index (χ0) is 40.7. The highest BCUT2D eigenvalue weighted by molar-refractivity contribution is 7.91. The largest absolute Gasteiger partial charge is 0.497 e. The number of amides is 4. The fraction of sp³-hybridized carbons (Fsp3) is 0.634. The SMILES string of the molecule is C=CC1CC1(NC(=O)C1CC(Oc2nccc3cc(OC)ccc23)CN1C(=O)C(NC(=O)OC1CC(C)CCC1C(C)C)C(C)(C)C)C(=O)NS(=O)(=O)C1CC1. The Kier molecular flexibility index (Phi) is 11.7. The molecule has 4 amide bonds. The first kappa shape index (κ1) is 41.2. The van der Waals surface area contributed by atoms with Gasteiger partial charge in [0.15, 0.2) is 0 Å². The van der Waals surface area contributed by atoms with Crippen LogP contribution in [0.5, 0.6) is 11.6 Å². The second-order valence-electron chi connectivity index (χ2n) is 17.6. The van der Waals surface area contributed by atoms with Crippen LogP contribution in [0.2, 0.25) is 0 Å². The Balaban J connectivity index is 1.27. The molecule has 6 rings (SSSR count). The summed E-state index contributed by atoms with van der Waals surface area (Å²) in [5, 5.41) is 6.55. The highest BCUT2D eigenvalue weighted by Crippen LogP contribution is 2.46. The van der Waals surface area contributed by atoms with Gasteiger partial charge in [0.1, 0.15) is 35.6 Å². The number of fused-ring (bicyclic) bond motifs is 1. The predicted molar refractivity (Wildman–Crippen MR) is 210 cm³/mol. The molecule has 4 aliphatic rings. The van der Waals surface area contributed by atoms with Crippen molar-refractivity contribution >= 4 is 44.6 Å². The third-order valence-corrected chi connectivity index (χ3v) is 13.7. The average molecular weight is 796 g/mol. The van der Waals surface area contributed by atoms with Crippen LogP contribution < -0.4 is 24.8 Å². The van der Waals surface area contributed by atoms with Crippen LogP contribution in [0.1, 0.15) is 86.5 Å². The first-order valence-corrected chi connectivity index (χ1v) is 21.3. The number of sulfonamides is 1. The Morgan fingerprint density at radius 3 is 2.43 bits per heavy atom. The van der Waals surface area contributed by atoms with Crippen molar-refractivity contribution in [3.8, 4) is 11.6 Å². The van der Waals surface area contributed by atoms with Gasteiger partial charge in [-0.25, -0.2) is 18.2 Å². The van der Waals surface area contributed by atoms with Crippen molar-refractivity contribution in [2.24, 2.45) is 29.1 Å². The molecule has 8 unspecified atom stereocenters. The standard InChI is InChI=1S/C41H57N5O9S/c1-9-26-21-41(26,38(49)45-56(51,52)29-12-13-29)44-35(47)32-20-28(54-36-31-15-11-27(53-8)19-25(31)16-17-42-36)22-46(32)37(48)34(40(5,6)7)43-39(50)55-33-18-24(4)10-14-30(33)23(2)3/h9,11,15-17,19,23-24,26,28-30,32-34H,1,10,12-14,18,20-22H2,2-8H3,(H,43,50)(H,44,47)(H,45,49). The predicted octanol–water partition coefficient (Wildman–Crippen LogP) is 4.86. The van der Waals surface area contributed by atoms with Crippen molar-refractivity contribution in [3.05, 3.63) is 43.1 Å². The number of hydrogen-bond donors (Lipinski definition) is 3. The molecule has 1 saturated heterocycles. The molecule has 0 radical (unpaired) electrons. The Morgan fingerprint density at radius 2 is 1.80 bits per heavy atom. The minimum absolute atomic E-state index is 0.0277. The van der Waals surface area contributed by atoms with Crippen LogP contribution >= 0.6 is 0 Å². The van der Waals surface area contributed by atoms with E-state index in [1.54, 1.807) is 19.4 Å². The number of hydrogen-bond acceptors (Lipinski definition) is 10. The number of nitrogens with one attached hydrogen (secondary N) is 3. The average Bonchev–Trinajstić information content (AvgIpc) is 4.06. The second kappa shape index (κ2) is 15.9. The van der Waals surface area contributed by atoms with Crippen LogP contribution in [0.15, 0.2) is 43.1 Å². The number of pyridine rings is 1. The van der Waals surface area contributed by atoms with E-state index in [0.29, 0.717) is 41.7 Å². The summed E-state index contributed by atoms with van der Waals surface area (Å²) in [5.41, 5.74) is -2.37. The van der Waals surface area contributed by atoms with Crippen LogP contribution in [-0.2, 0) is 29.1 Å². The van der Waals surface area contributed by atoms with E-state index in [1.165, 1.54) is 11.0 Å². The summed E-state index contributed by atoms with van der Waals surface area (Å²) in [5.74, 6) is -0.689. The maximum Gasteiger partial charge on any atom is 0.408 e. The lowest BCUT2D eigenvalue weighted by molar-refractivity contribution is -0.143. The molecule has 1 aliphatic heterocycles. The van der Waals surface area contributed by atoms with Crippen LogP contribution in [0.25, 0.3) is 10.8 Å². The summed E-state index contributed by atoms with van der Waals surface area (Å²) in [6.07, 6.45) is 5.22. The molecule has 0 spiro atoms. The molecule has 306 valence electrons. The van der Waals surface area contributed by atoms with Gasteiger partial charge in [0.2, 0.25) is 27.7 Å². The number of carbonyl (C=O) groups excluding carboxylic acids is 4. The highest BCUT2D eigenvalue weighted by Gasteiger charge is 2.62. The first-order chi connectivity index (χ1) is 26.4. The quantitative estimate of drug-likeness (QED) is 0.237. The molecule has 2 heterocycles. The molecule has 3 N–H and O–H groups in total. The lowest BCUT2D eigenvalue weighted by Crippen LogP contribution is -2.60. The number of nitrogens with zero attached hydrogens (tertiary/aromatic N) is 2. The Morgan fingerprint density at radius 1 is 1.07 bits per heavy atom. The van der Waals surface area contributed by atoms with Crippen LogP contribution in [0.3, 0.4) is 0 Å². The van der Waals surface area contributed by atoms with E-state index in [4.69, 9.17) is 14.2 Å². The Hall–Kier alpha value is -4.40. The molecule has 0 bridgehead atoms. The van der Waals surface area contributed by atoms with E-state index < -0.39 is 74.1 Å². The number of likely N-dealkylation sites (tertiary alicyclic amines) is 1. The van der Waals surface area contributed by atoms with Gasteiger partial charge >= 0.3 is 6.09 Å².